The van der Waals surface area contributed by atoms with Crippen LogP contribution in [0.1, 0.15) is 20.7 Å². The maximum atomic E-state index is 13.7. The first kappa shape index (κ1) is 17.6. The molecule has 2 N–H and O–H groups in total. The van der Waals surface area contributed by atoms with E-state index in [0.717, 1.165) is 0 Å². The Morgan fingerprint density at radius 2 is 1.58 bits per heavy atom. The molecule has 6 heteroatoms. The number of rotatable bonds is 6. The minimum Gasteiger partial charge on any atom is -0.351 e. The number of nitrogens with zero attached hydrogens (tertiary/aromatic N) is 1. The summed E-state index contributed by atoms with van der Waals surface area (Å²) >= 11 is 0. The molecule has 0 radical (unpaired) electrons. The number of carbonyl (C=O) groups is 2. The summed E-state index contributed by atoms with van der Waals surface area (Å²) in [6.45, 7) is 1.19. The molecule has 0 unspecified atom stereocenters. The monoisotopic (exact) mass is 329 g/mol. The van der Waals surface area contributed by atoms with Crippen molar-refractivity contribution in [1.82, 2.24) is 10.2 Å². The molecular formula is C18H20FN3O2. The van der Waals surface area contributed by atoms with Gasteiger partial charge in [-0.3, -0.25) is 9.59 Å². The van der Waals surface area contributed by atoms with Gasteiger partial charge in [0.25, 0.3) is 11.8 Å². The first-order valence-corrected chi connectivity index (χ1v) is 7.57. The number of carbonyl (C=O) groups excluding carboxylic acids is 2. The second-order valence-electron chi connectivity index (χ2n) is 5.54. The Bertz CT molecular complexity index is 732. The van der Waals surface area contributed by atoms with Crippen molar-refractivity contribution in [1.29, 1.82) is 0 Å². The number of anilines is 1. The first-order valence-electron chi connectivity index (χ1n) is 7.57. The second kappa shape index (κ2) is 8.21. The van der Waals surface area contributed by atoms with E-state index in [-0.39, 0.29) is 11.5 Å². The number of hydrogen-bond donors (Lipinski definition) is 2. The lowest BCUT2D eigenvalue weighted by Crippen LogP contribution is -2.32. The maximum absolute atomic E-state index is 13.7. The van der Waals surface area contributed by atoms with Crippen molar-refractivity contribution in [3.8, 4) is 0 Å². The molecule has 0 aliphatic heterocycles. The van der Waals surface area contributed by atoms with Crippen LogP contribution in [0.4, 0.5) is 10.1 Å². The fourth-order valence-electron chi connectivity index (χ4n) is 2.11. The van der Waals surface area contributed by atoms with Crippen molar-refractivity contribution >= 4 is 17.5 Å². The quantitative estimate of drug-likeness (QED) is 0.855. The minimum absolute atomic E-state index is 0.0691. The van der Waals surface area contributed by atoms with E-state index in [1.54, 1.807) is 30.3 Å². The average Bonchev–Trinajstić information content (AvgIpc) is 2.55. The molecule has 0 spiro atoms. The standard InChI is InChI=1S/C18H20FN3O2/c1-22(2)12-11-20-17(23)14-8-4-6-10-16(14)21-18(24)13-7-3-5-9-15(13)19/h3-10H,11-12H2,1-2H3,(H,20,23)(H,21,24). The molecule has 2 amide bonds. The van der Waals surface area contributed by atoms with Crippen LogP contribution in [0.15, 0.2) is 48.5 Å². The van der Waals surface area contributed by atoms with Gasteiger partial charge in [-0.25, -0.2) is 4.39 Å². The van der Waals surface area contributed by atoms with Crippen LogP contribution in [0.2, 0.25) is 0 Å². The fraction of sp³-hybridized carbons (Fsp3) is 0.222. The molecule has 24 heavy (non-hydrogen) atoms. The van der Waals surface area contributed by atoms with Gasteiger partial charge in [0.15, 0.2) is 0 Å². The van der Waals surface area contributed by atoms with Crippen LogP contribution >= 0.6 is 0 Å². The summed E-state index contributed by atoms with van der Waals surface area (Å²) in [6.07, 6.45) is 0. The van der Waals surface area contributed by atoms with Crippen LogP contribution in [-0.2, 0) is 0 Å². The molecule has 0 aliphatic carbocycles. The number of para-hydroxylation sites is 1. The van der Waals surface area contributed by atoms with Crippen LogP contribution in [0.3, 0.4) is 0 Å². The molecule has 0 atom stereocenters. The molecule has 0 saturated carbocycles. The zero-order chi connectivity index (χ0) is 17.5. The van der Waals surface area contributed by atoms with Crippen molar-refractivity contribution in [3.05, 3.63) is 65.5 Å². The van der Waals surface area contributed by atoms with E-state index >= 15 is 0 Å². The molecule has 126 valence electrons. The highest BCUT2D eigenvalue weighted by molar-refractivity contribution is 6.09. The zero-order valence-corrected chi connectivity index (χ0v) is 13.7. The molecular weight excluding hydrogens is 309 g/mol. The van der Waals surface area contributed by atoms with Crippen molar-refractivity contribution in [2.75, 3.05) is 32.5 Å². The highest BCUT2D eigenvalue weighted by Gasteiger charge is 2.15. The lowest BCUT2D eigenvalue weighted by molar-refractivity contribution is 0.0952. The molecule has 5 nitrogen and oxygen atoms in total. The molecule has 2 aromatic rings. The molecule has 0 aromatic heterocycles. The zero-order valence-electron chi connectivity index (χ0n) is 13.7. The number of likely N-dealkylation sites (N-methyl/N-ethyl adjacent to an activating group) is 1. The van der Waals surface area contributed by atoms with Gasteiger partial charge in [-0.1, -0.05) is 24.3 Å². The summed E-state index contributed by atoms with van der Waals surface area (Å²) in [5.41, 5.74) is 0.606. The molecule has 2 aromatic carbocycles. The highest BCUT2D eigenvalue weighted by Crippen LogP contribution is 2.17. The summed E-state index contributed by atoms with van der Waals surface area (Å²) in [6, 6.07) is 12.3. The van der Waals surface area contributed by atoms with Gasteiger partial charge in [0.2, 0.25) is 0 Å². The van der Waals surface area contributed by atoms with Crippen molar-refractivity contribution in [2.45, 2.75) is 0 Å². The molecule has 0 fully saturated rings. The van der Waals surface area contributed by atoms with Gasteiger partial charge < -0.3 is 15.5 Å². The lowest BCUT2D eigenvalue weighted by atomic mass is 10.1. The van der Waals surface area contributed by atoms with Gasteiger partial charge in [0, 0.05) is 13.1 Å². The summed E-state index contributed by atoms with van der Waals surface area (Å²) < 4.78 is 13.7. The highest BCUT2D eigenvalue weighted by atomic mass is 19.1. The van der Waals surface area contributed by atoms with Crippen LogP contribution in [0.25, 0.3) is 0 Å². The Morgan fingerprint density at radius 3 is 2.25 bits per heavy atom. The van der Waals surface area contributed by atoms with Gasteiger partial charge in [-0.05, 0) is 38.4 Å². The van der Waals surface area contributed by atoms with Crippen molar-refractivity contribution in [2.24, 2.45) is 0 Å². The fourth-order valence-corrected chi connectivity index (χ4v) is 2.11. The maximum Gasteiger partial charge on any atom is 0.258 e. The predicted molar refractivity (Wildman–Crippen MR) is 91.7 cm³/mol. The smallest absolute Gasteiger partial charge is 0.258 e. The lowest BCUT2D eigenvalue weighted by Gasteiger charge is -2.13. The van der Waals surface area contributed by atoms with Crippen LogP contribution < -0.4 is 10.6 Å². The van der Waals surface area contributed by atoms with E-state index in [9.17, 15) is 14.0 Å². The number of hydrogen-bond acceptors (Lipinski definition) is 3. The third-order valence-corrected chi connectivity index (χ3v) is 3.38. The van der Waals surface area contributed by atoms with Gasteiger partial charge in [0.1, 0.15) is 5.82 Å². The van der Waals surface area contributed by atoms with E-state index in [4.69, 9.17) is 0 Å². The largest absolute Gasteiger partial charge is 0.351 e. The molecule has 0 aliphatic rings. The topological polar surface area (TPSA) is 61.4 Å². The number of nitrogens with one attached hydrogen (secondary N) is 2. The van der Waals surface area contributed by atoms with E-state index in [1.807, 2.05) is 19.0 Å². The molecule has 0 heterocycles. The van der Waals surface area contributed by atoms with Gasteiger partial charge in [-0.15, -0.1) is 0 Å². The van der Waals surface area contributed by atoms with E-state index in [2.05, 4.69) is 10.6 Å². The summed E-state index contributed by atoms with van der Waals surface area (Å²) in [4.78, 5) is 26.5. The Hall–Kier alpha value is -2.73. The number of halogens is 1. The summed E-state index contributed by atoms with van der Waals surface area (Å²) in [5, 5.41) is 5.39. The van der Waals surface area contributed by atoms with Crippen LogP contribution in [-0.4, -0.2) is 43.9 Å². The SMILES string of the molecule is CN(C)CCNC(=O)c1ccccc1NC(=O)c1ccccc1F. The third kappa shape index (κ3) is 4.63. The number of benzene rings is 2. The minimum atomic E-state index is -0.608. The van der Waals surface area contributed by atoms with Gasteiger partial charge in [0.05, 0.1) is 16.8 Å². The predicted octanol–water partition coefficient (Wildman–Crippen LogP) is 2.37. The number of amides is 2. The molecule has 2 rings (SSSR count). The Morgan fingerprint density at radius 1 is 0.958 bits per heavy atom. The van der Waals surface area contributed by atoms with Crippen LogP contribution in [0, 0.1) is 5.82 Å². The third-order valence-electron chi connectivity index (χ3n) is 3.38. The van der Waals surface area contributed by atoms with Crippen molar-refractivity contribution in [3.63, 3.8) is 0 Å². The van der Waals surface area contributed by atoms with Gasteiger partial charge >= 0.3 is 0 Å². The second-order valence-corrected chi connectivity index (χ2v) is 5.54. The van der Waals surface area contributed by atoms with Crippen LogP contribution in [0.5, 0.6) is 0 Å². The Labute approximate surface area is 140 Å². The summed E-state index contributed by atoms with van der Waals surface area (Å²) in [7, 11) is 3.82. The molecule has 0 bridgehead atoms. The first-order chi connectivity index (χ1) is 11.5. The van der Waals surface area contributed by atoms with E-state index in [1.165, 1.54) is 18.2 Å². The Balaban J connectivity index is 2.12. The van der Waals surface area contributed by atoms with Gasteiger partial charge in [-0.2, -0.15) is 0 Å². The summed E-state index contributed by atoms with van der Waals surface area (Å²) in [5.74, 6) is -1.49. The average molecular weight is 329 g/mol. The Kier molecular flexibility index (Phi) is 6.03. The van der Waals surface area contributed by atoms with E-state index < -0.39 is 11.7 Å². The molecule has 0 saturated heterocycles. The van der Waals surface area contributed by atoms with E-state index in [0.29, 0.717) is 24.3 Å². The normalized spacial score (nSPS) is 10.5. The van der Waals surface area contributed by atoms with Crippen molar-refractivity contribution < 1.29 is 14.0 Å².